The molecular formula is C6H9F2N3O. The Morgan fingerprint density at radius 2 is 2.33 bits per heavy atom. The zero-order valence-electron chi connectivity index (χ0n) is 6.26. The number of hydrogen-bond donors (Lipinski definition) is 2. The first-order valence-electron chi connectivity index (χ1n) is 3.37. The largest absolute Gasteiger partial charge is 0.325 e. The molecule has 0 bridgehead atoms. The maximum Gasteiger partial charge on any atom is 0.325 e. The predicted octanol–water partition coefficient (Wildman–Crippen LogP) is -0.230. The molecule has 1 rings (SSSR count). The van der Waals surface area contributed by atoms with E-state index in [-0.39, 0.29) is 0 Å². The van der Waals surface area contributed by atoms with Gasteiger partial charge in [-0.05, 0) is 0 Å². The minimum Gasteiger partial charge on any atom is -0.325 e. The summed E-state index contributed by atoms with van der Waals surface area (Å²) in [5.74, 6) is -3.02. The molecule has 0 unspecified atom stereocenters. The van der Waals surface area contributed by atoms with E-state index in [1.165, 1.54) is 12.4 Å². The first-order valence-corrected chi connectivity index (χ1v) is 3.37. The topological polar surface area (TPSA) is 63.8 Å². The molecule has 4 nitrogen and oxygen atoms in total. The molecule has 3 N–H and O–H groups in total. The zero-order valence-corrected chi connectivity index (χ0v) is 6.26. The third kappa shape index (κ3) is 1.91. The molecule has 0 fully saturated rings. The average molecular weight is 177 g/mol. The van der Waals surface area contributed by atoms with Gasteiger partial charge in [0.15, 0.2) is 0 Å². The molecule has 1 aromatic rings. The summed E-state index contributed by atoms with van der Waals surface area (Å²) in [6, 6.07) is 0. The highest BCUT2D eigenvalue weighted by atomic mass is 19.3. The molecule has 0 spiro atoms. The predicted molar refractivity (Wildman–Crippen MR) is 39.1 cm³/mol. The molecule has 0 saturated carbocycles. The lowest BCUT2D eigenvalue weighted by Crippen LogP contribution is -2.35. The van der Waals surface area contributed by atoms with E-state index < -0.39 is 24.7 Å². The number of halogens is 2. The second-order valence-corrected chi connectivity index (χ2v) is 2.45. The Morgan fingerprint density at radius 1 is 1.67 bits per heavy atom. The first kappa shape index (κ1) is 8.92. The summed E-state index contributed by atoms with van der Waals surface area (Å²) >= 11 is 0. The Hall–Kier alpha value is -1.17. The highest BCUT2D eigenvalue weighted by Crippen LogP contribution is 2.12. The summed E-state index contributed by atoms with van der Waals surface area (Å²) in [5.41, 5.74) is 4.24. The Bertz CT molecular complexity index is 304. The van der Waals surface area contributed by atoms with E-state index >= 15 is 0 Å². The summed E-state index contributed by atoms with van der Waals surface area (Å²) in [4.78, 5) is 13.0. The van der Waals surface area contributed by atoms with Crippen molar-refractivity contribution in [3.63, 3.8) is 0 Å². The van der Waals surface area contributed by atoms with Crippen LogP contribution < -0.4 is 11.4 Å². The van der Waals surface area contributed by atoms with Crippen molar-refractivity contribution in [1.82, 2.24) is 9.55 Å². The molecule has 0 aliphatic carbocycles. The summed E-state index contributed by atoms with van der Waals surface area (Å²) in [7, 11) is 0. The lowest BCUT2D eigenvalue weighted by atomic mass is 10.3. The van der Waals surface area contributed by atoms with Gasteiger partial charge in [-0.25, -0.2) is 13.6 Å². The number of imidazole rings is 1. The zero-order chi connectivity index (χ0) is 9.19. The Labute approximate surface area is 67.0 Å². The van der Waals surface area contributed by atoms with Gasteiger partial charge in [0.1, 0.15) is 0 Å². The van der Waals surface area contributed by atoms with Crippen LogP contribution in [0.25, 0.3) is 0 Å². The average Bonchev–Trinajstić information content (AvgIpc) is 2.36. The maximum atomic E-state index is 12.6. The first-order chi connectivity index (χ1) is 5.55. The molecular weight excluding hydrogens is 168 g/mol. The molecule has 0 atom stereocenters. The number of nitrogens with two attached hydrogens (primary N) is 1. The fourth-order valence-corrected chi connectivity index (χ4v) is 0.787. The number of nitrogens with zero attached hydrogens (tertiary/aromatic N) is 1. The van der Waals surface area contributed by atoms with E-state index in [0.29, 0.717) is 0 Å². The Kier molecular flexibility index (Phi) is 2.27. The van der Waals surface area contributed by atoms with Crippen molar-refractivity contribution in [2.24, 2.45) is 5.73 Å². The van der Waals surface area contributed by atoms with E-state index in [0.717, 1.165) is 4.57 Å². The second-order valence-electron chi connectivity index (χ2n) is 2.45. The van der Waals surface area contributed by atoms with Crippen LogP contribution in [0.15, 0.2) is 17.2 Å². The highest BCUT2D eigenvalue weighted by Gasteiger charge is 2.27. The van der Waals surface area contributed by atoms with Gasteiger partial charge >= 0.3 is 5.69 Å². The van der Waals surface area contributed by atoms with Gasteiger partial charge in [-0.2, -0.15) is 0 Å². The van der Waals surface area contributed by atoms with Gasteiger partial charge in [0, 0.05) is 12.4 Å². The van der Waals surface area contributed by atoms with Crippen molar-refractivity contribution in [3.8, 4) is 0 Å². The third-order valence-electron chi connectivity index (χ3n) is 1.42. The van der Waals surface area contributed by atoms with Crippen LogP contribution in [-0.4, -0.2) is 22.0 Å². The monoisotopic (exact) mass is 177 g/mol. The number of nitrogens with one attached hydrogen (secondary N) is 1. The van der Waals surface area contributed by atoms with Gasteiger partial charge in [-0.15, -0.1) is 0 Å². The normalized spacial score (nSPS) is 11.9. The molecule has 0 amide bonds. The Balaban J connectivity index is 2.77. The van der Waals surface area contributed by atoms with Crippen molar-refractivity contribution < 1.29 is 8.78 Å². The standard InChI is InChI=1S/C6H9F2N3O/c7-6(8,3-9)4-11-2-1-10-5(11)12/h1-2H,3-4,9H2,(H,10,12). The van der Waals surface area contributed by atoms with Crippen LogP contribution in [0.3, 0.4) is 0 Å². The maximum absolute atomic E-state index is 12.6. The number of hydrogen-bond acceptors (Lipinski definition) is 2. The summed E-state index contributed by atoms with van der Waals surface area (Å²) in [5, 5.41) is 0. The molecule has 0 radical (unpaired) electrons. The number of aromatic amines is 1. The van der Waals surface area contributed by atoms with E-state index in [1.54, 1.807) is 0 Å². The minimum atomic E-state index is -3.02. The molecule has 0 saturated heterocycles. The second kappa shape index (κ2) is 3.06. The van der Waals surface area contributed by atoms with Crippen LogP contribution in [0.4, 0.5) is 8.78 Å². The molecule has 0 aromatic carbocycles. The van der Waals surface area contributed by atoms with Crippen LogP contribution in [0.1, 0.15) is 0 Å². The van der Waals surface area contributed by atoms with E-state index in [2.05, 4.69) is 4.98 Å². The minimum absolute atomic E-state index is 0.553. The molecule has 1 aromatic heterocycles. The number of alkyl halides is 2. The lowest BCUT2D eigenvalue weighted by Gasteiger charge is -2.12. The van der Waals surface area contributed by atoms with Gasteiger partial charge in [0.2, 0.25) is 0 Å². The van der Waals surface area contributed by atoms with Crippen LogP contribution in [0, 0.1) is 0 Å². The van der Waals surface area contributed by atoms with Crippen molar-refractivity contribution in [2.45, 2.75) is 12.5 Å². The van der Waals surface area contributed by atoms with E-state index in [1.807, 2.05) is 0 Å². The van der Waals surface area contributed by atoms with Crippen LogP contribution in [-0.2, 0) is 6.54 Å². The van der Waals surface area contributed by atoms with Crippen molar-refractivity contribution in [3.05, 3.63) is 22.9 Å². The summed E-state index contributed by atoms with van der Waals surface area (Å²) in [6.07, 6.45) is 2.56. The highest BCUT2D eigenvalue weighted by molar-refractivity contribution is 4.79. The fourth-order valence-electron chi connectivity index (χ4n) is 0.787. The van der Waals surface area contributed by atoms with Crippen molar-refractivity contribution >= 4 is 0 Å². The summed E-state index contributed by atoms with van der Waals surface area (Å²) in [6.45, 7) is -1.43. The van der Waals surface area contributed by atoms with Gasteiger partial charge in [0.05, 0.1) is 13.1 Å². The Morgan fingerprint density at radius 3 is 2.75 bits per heavy atom. The van der Waals surface area contributed by atoms with E-state index in [9.17, 15) is 13.6 Å². The quantitative estimate of drug-likeness (QED) is 0.669. The van der Waals surface area contributed by atoms with Crippen molar-refractivity contribution in [1.29, 1.82) is 0 Å². The molecule has 6 heteroatoms. The number of aromatic nitrogens is 2. The van der Waals surface area contributed by atoms with Crippen LogP contribution >= 0.6 is 0 Å². The lowest BCUT2D eigenvalue weighted by molar-refractivity contribution is -0.00743. The number of rotatable bonds is 3. The van der Waals surface area contributed by atoms with Crippen LogP contribution in [0.2, 0.25) is 0 Å². The SMILES string of the molecule is NCC(F)(F)Cn1cc[nH]c1=O. The molecule has 1 heterocycles. The number of H-pyrrole nitrogens is 1. The smallest absolute Gasteiger partial charge is 0.325 e. The molecule has 0 aliphatic rings. The van der Waals surface area contributed by atoms with E-state index in [4.69, 9.17) is 5.73 Å². The van der Waals surface area contributed by atoms with Crippen LogP contribution in [0.5, 0.6) is 0 Å². The van der Waals surface area contributed by atoms with Gasteiger partial charge in [0.25, 0.3) is 5.92 Å². The van der Waals surface area contributed by atoms with Gasteiger partial charge < -0.3 is 10.7 Å². The third-order valence-corrected chi connectivity index (χ3v) is 1.42. The molecule has 68 valence electrons. The molecule has 0 aliphatic heterocycles. The summed E-state index contributed by atoms with van der Waals surface area (Å²) < 4.78 is 26.1. The van der Waals surface area contributed by atoms with Crippen molar-refractivity contribution in [2.75, 3.05) is 6.54 Å². The van der Waals surface area contributed by atoms with Gasteiger partial charge in [-0.1, -0.05) is 0 Å². The molecule has 12 heavy (non-hydrogen) atoms. The van der Waals surface area contributed by atoms with Gasteiger partial charge in [-0.3, -0.25) is 4.57 Å². The fraction of sp³-hybridized carbons (Fsp3) is 0.500.